The lowest BCUT2D eigenvalue weighted by atomic mass is 10.1. The number of hydrogen-bond acceptors (Lipinski definition) is 4. The first-order valence-electron chi connectivity index (χ1n) is 6.89. The van der Waals surface area contributed by atoms with Crippen LogP contribution < -0.4 is 15.5 Å². The van der Waals surface area contributed by atoms with Crippen molar-refractivity contribution in [2.75, 3.05) is 12.4 Å². The van der Waals surface area contributed by atoms with Crippen molar-refractivity contribution in [1.82, 2.24) is 5.43 Å². The zero-order chi connectivity index (χ0) is 16.7. The van der Waals surface area contributed by atoms with E-state index in [1.54, 1.807) is 19.2 Å². The maximum Gasteiger partial charge on any atom is 0.191 e. The van der Waals surface area contributed by atoms with Crippen LogP contribution >= 0.6 is 12.2 Å². The van der Waals surface area contributed by atoms with Gasteiger partial charge in [0.05, 0.1) is 30.1 Å². The number of thiocarbonyl (C=S) groups is 1. The molecule has 0 aliphatic rings. The lowest BCUT2D eigenvalue weighted by molar-refractivity contribution is 0.417. The van der Waals surface area contributed by atoms with E-state index in [9.17, 15) is 0 Å². The molecule has 0 radical (unpaired) electrons. The highest BCUT2D eigenvalue weighted by molar-refractivity contribution is 7.80. The molecule has 6 heteroatoms. The number of benzene rings is 2. The number of nitrogens with one attached hydrogen (secondary N) is 2. The Hall–Kier alpha value is -2.91. The average molecular weight is 324 g/mol. The Kier molecular flexibility index (Phi) is 5.67. The van der Waals surface area contributed by atoms with Crippen LogP contribution in [0.25, 0.3) is 0 Å². The van der Waals surface area contributed by atoms with Crippen molar-refractivity contribution in [2.45, 2.75) is 6.92 Å². The highest BCUT2D eigenvalue weighted by Crippen LogP contribution is 2.22. The zero-order valence-electron chi connectivity index (χ0n) is 12.8. The minimum Gasteiger partial charge on any atom is -0.495 e. The van der Waals surface area contributed by atoms with Crippen molar-refractivity contribution in [3.8, 4) is 11.8 Å². The second-order valence-electron chi connectivity index (χ2n) is 4.65. The first-order chi connectivity index (χ1) is 11.1. The maximum absolute atomic E-state index is 8.80. The molecule has 0 heterocycles. The van der Waals surface area contributed by atoms with E-state index in [0.717, 1.165) is 17.0 Å². The predicted octanol–water partition coefficient (Wildman–Crippen LogP) is 3.28. The van der Waals surface area contributed by atoms with Gasteiger partial charge in [-0.3, -0.25) is 5.43 Å². The first-order valence-corrected chi connectivity index (χ1v) is 7.29. The van der Waals surface area contributed by atoms with Crippen LogP contribution in [0.5, 0.6) is 5.75 Å². The van der Waals surface area contributed by atoms with Gasteiger partial charge in [0, 0.05) is 0 Å². The van der Waals surface area contributed by atoms with Crippen molar-refractivity contribution < 1.29 is 4.74 Å². The van der Waals surface area contributed by atoms with Crippen LogP contribution in [-0.4, -0.2) is 17.9 Å². The van der Waals surface area contributed by atoms with Gasteiger partial charge >= 0.3 is 0 Å². The molecule has 0 fully saturated rings. The minimum absolute atomic E-state index is 0.363. The molecule has 0 saturated carbocycles. The number of hydrogen-bond donors (Lipinski definition) is 2. The largest absolute Gasteiger partial charge is 0.495 e. The van der Waals surface area contributed by atoms with Gasteiger partial charge in [0.15, 0.2) is 5.11 Å². The molecular weight excluding hydrogens is 308 g/mol. The van der Waals surface area contributed by atoms with Gasteiger partial charge in [0.25, 0.3) is 0 Å². The second-order valence-corrected chi connectivity index (χ2v) is 5.06. The maximum atomic E-state index is 8.80. The summed E-state index contributed by atoms with van der Waals surface area (Å²) in [6.45, 7) is 1.86. The molecule has 116 valence electrons. The summed E-state index contributed by atoms with van der Waals surface area (Å²) in [6, 6.07) is 16.7. The Bertz CT molecular complexity index is 763. The summed E-state index contributed by atoms with van der Waals surface area (Å²) < 4.78 is 5.25. The zero-order valence-corrected chi connectivity index (χ0v) is 13.6. The van der Waals surface area contributed by atoms with E-state index in [2.05, 4.69) is 21.9 Å². The summed E-state index contributed by atoms with van der Waals surface area (Å²) in [7, 11) is 1.60. The summed E-state index contributed by atoms with van der Waals surface area (Å²) in [5, 5.41) is 16.4. The summed E-state index contributed by atoms with van der Waals surface area (Å²) in [5.74, 6) is 0.699. The van der Waals surface area contributed by atoms with Gasteiger partial charge in [-0.05, 0) is 49.0 Å². The average Bonchev–Trinajstić information content (AvgIpc) is 2.60. The van der Waals surface area contributed by atoms with Crippen LogP contribution in [0.4, 0.5) is 5.69 Å². The van der Waals surface area contributed by atoms with Crippen LogP contribution in [0.2, 0.25) is 0 Å². The fourth-order valence-electron chi connectivity index (χ4n) is 1.88. The van der Waals surface area contributed by atoms with E-state index in [0.29, 0.717) is 16.4 Å². The number of nitrogens with zero attached hydrogens (tertiary/aromatic N) is 2. The van der Waals surface area contributed by atoms with Crippen LogP contribution in [0, 0.1) is 11.3 Å². The molecule has 2 N–H and O–H groups in total. The minimum atomic E-state index is 0.363. The second kappa shape index (κ2) is 7.92. The molecule has 2 rings (SSSR count). The number of anilines is 1. The number of ether oxygens (including phenoxy) is 1. The van der Waals surface area contributed by atoms with Crippen molar-refractivity contribution >= 4 is 28.7 Å². The normalized spacial score (nSPS) is 10.6. The summed E-state index contributed by atoms with van der Waals surface area (Å²) >= 11 is 5.22. The van der Waals surface area contributed by atoms with Gasteiger partial charge in [-0.25, -0.2) is 0 Å². The Balaban J connectivity index is 2.01. The third-order valence-corrected chi connectivity index (χ3v) is 3.31. The SMILES string of the molecule is COc1ccccc1NC(=S)N/N=C(\C)c1ccc(C#N)cc1. The predicted molar refractivity (Wildman–Crippen MR) is 95.7 cm³/mol. The summed E-state index contributed by atoms with van der Waals surface area (Å²) in [6.07, 6.45) is 0. The van der Waals surface area contributed by atoms with Crippen molar-refractivity contribution in [3.63, 3.8) is 0 Å². The highest BCUT2D eigenvalue weighted by atomic mass is 32.1. The Morgan fingerprint density at radius 3 is 2.52 bits per heavy atom. The van der Waals surface area contributed by atoms with Gasteiger partial charge in [-0.1, -0.05) is 24.3 Å². The van der Waals surface area contributed by atoms with Crippen LogP contribution in [0.3, 0.4) is 0 Å². The van der Waals surface area contributed by atoms with Crippen molar-refractivity contribution in [2.24, 2.45) is 5.10 Å². The number of nitriles is 1. The van der Waals surface area contributed by atoms with E-state index in [1.807, 2.05) is 43.3 Å². The van der Waals surface area contributed by atoms with Gasteiger partial charge in [0.1, 0.15) is 5.75 Å². The number of hydrazone groups is 1. The quantitative estimate of drug-likeness (QED) is 0.513. The lowest BCUT2D eigenvalue weighted by Gasteiger charge is -2.11. The Morgan fingerprint density at radius 1 is 1.17 bits per heavy atom. The molecular formula is C17H16N4OS. The fourth-order valence-corrected chi connectivity index (χ4v) is 2.04. The van der Waals surface area contributed by atoms with Crippen molar-refractivity contribution in [1.29, 1.82) is 5.26 Å². The molecule has 0 spiro atoms. The third kappa shape index (κ3) is 4.53. The van der Waals surface area contributed by atoms with Crippen molar-refractivity contribution in [3.05, 3.63) is 59.7 Å². The number of rotatable bonds is 4. The van der Waals surface area contributed by atoms with E-state index >= 15 is 0 Å². The molecule has 5 nitrogen and oxygen atoms in total. The van der Waals surface area contributed by atoms with Gasteiger partial charge in [0.2, 0.25) is 0 Å². The Labute approximate surface area is 140 Å². The fraction of sp³-hybridized carbons (Fsp3) is 0.118. The molecule has 0 atom stereocenters. The number of para-hydroxylation sites is 2. The standard InChI is InChI=1S/C17H16N4OS/c1-12(14-9-7-13(11-18)8-10-14)20-21-17(23)19-15-5-3-4-6-16(15)22-2/h3-10H,1-2H3,(H2,19,21,23)/b20-12+. The molecule has 23 heavy (non-hydrogen) atoms. The molecule has 0 bridgehead atoms. The monoisotopic (exact) mass is 324 g/mol. The van der Waals surface area contributed by atoms with E-state index in [-0.39, 0.29) is 0 Å². The van der Waals surface area contributed by atoms with E-state index in [4.69, 9.17) is 22.2 Å². The van der Waals surface area contributed by atoms with Gasteiger partial charge in [-0.2, -0.15) is 10.4 Å². The molecule has 2 aromatic rings. The summed E-state index contributed by atoms with van der Waals surface area (Å²) in [5.41, 5.74) is 5.85. The summed E-state index contributed by atoms with van der Waals surface area (Å²) in [4.78, 5) is 0. The smallest absolute Gasteiger partial charge is 0.191 e. The molecule has 0 aromatic heterocycles. The topological polar surface area (TPSA) is 69.4 Å². The van der Waals surface area contributed by atoms with Crippen LogP contribution in [0.15, 0.2) is 53.6 Å². The Morgan fingerprint density at radius 2 is 1.87 bits per heavy atom. The molecule has 2 aromatic carbocycles. The van der Waals surface area contributed by atoms with Crippen LogP contribution in [0.1, 0.15) is 18.1 Å². The molecule has 0 aliphatic carbocycles. The van der Waals surface area contributed by atoms with Crippen LogP contribution in [-0.2, 0) is 0 Å². The third-order valence-electron chi connectivity index (χ3n) is 3.11. The van der Waals surface area contributed by atoms with E-state index < -0.39 is 0 Å². The molecule has 0 unspecified atom stereocenters. The first kappa shape index (κ1) is 16.5. The molecule has 0 amide bonds. The van der Waals surface area contributed by atoms with Gasteiger partial charge in [-0.15, -0.1) is 0 Å². The van der Waals surface area contributed by atoms with Gasteiger partial charge < -0.3 is 10.1 Å². The lowest BCUT2D eigenvalue weighted by Crippen LogP contribution is -2.25. The van der Waals surface area contributed by atoms with E-state index in [1.165, 1.54) is 0 Å². The molecule has 0 saturated heterocycles. The highest BCUT2D eigenvalue weighted by Gasteiger charge is 2.03. The molecule has 0 aliphatic heterocycles. The number of methoxy groups -OCH3 is 1.